The fourth-order valence-electron chi connectivity index (χ4n) is 2.84. The van der Waals surface area contributed by atoms with Gasteiger partial charge in [0, 0.05) is 39.3 Å². The van der Waals surface area contributed by atoms with Gasteiger partial charge < -0.3 is 10.0 Å². The molecular formula is C16H24N2O4S. The average Bonchev–Trinajstić information content (AvgIpc) is 2.53. The van der Waals surface area contributed by atoms with E-state index in [-0.39, 0.29) is 6.42 Å². The van der Waals surface area contributed by atoms with E-state index < -0.39 is 16.0 Å². The van der Waals surface area contributed by atoms with Crippen LogP contribution in [0.15, 0.2) is 29.2 Å². The normalized spacial score (nSPS) is 17.1. The maximum atomic E-state index is 12.7. The van der Waals surface area contributed by atoms with E-state index in [1.54, 1.807) is 18.2 Å². The molecule has 2 rings (SSSR count). The summed E-state index contributed by atoms with van der Waals surface area (Å²) in [5.41, 5.74) is 0.849. The highest BCUT2D eigenvalue weighted by Crippen LogP contribution is 2.27. The predicted molar refractivity (Wildman–Crippen MR) is 89.1 cm³/mol. The summed E-state index contributed by atoms with van der Waals surface area (Å²) in [7, 11) is 0.267. The van der Waals surface area contributed by atoms with Gasteiger partial charge in [-0.2, -0.15) is 4.31 Å². The summed E-state index contributed by atoms with van der Waals surface area (Å²) in [6, 6.07) is 6.93. The van der Waals surface area contributed by atoms with Crippen molar-refractivity contribution in [2.45, 2.75) is 30.6 Å². The molecule has 0 spiro atoms. The molecule has 1 aromatic carbocycles. The Morgan fingerprint density at radius 1 is 1.30 bits per heavy atom. The van der Waals surface area contributed by atoms with Gasteiger partial charge >= 0.3 is 5.97 Å². The second-order valence-electron chi connectivity index (χ2n) is 6.17. The lowest BCUT2D eigenvalue weighted by atomic mass is 9.93. The zero-order chi connectivity index (χ0) is 17.0. The molecule has 0 aliphatic carbocycles. The summed E-state index contributed by atoms with van der Waals surface area (Å²) >= 11 is 0. The van der Waals surface area contributed by atoms with Crippen molar-refractivity contribution in [1.82, 2.24) is 4.31 Å². The van der Waals surface area contributed by atoms with Crippen LogP contribution in [0.5, 0.6) is 0 Å². The SMILES string of the molecule is CN(C)c1cccc(S(=O)(=O)N2CCC(CCC(=O)O)CC2)c1. The smallest absolute Gasteiger partial charge is 0.303 e. The molecule has 0 bridgehead atoms. The number of sulfonamides is 1. The molecule has 0 aromatic heterocycles. The van der Waals surface area contributed by atoms with Gasteiger partial charge in [0.05, 0.1) is 4.90 Å². The van der Waals surface area contributed by atoms with Crippen molar-refractivity contribution in [3.63, 3.8) is 0 Å². The Hall–Kier alpha value is -1.60. The number of rotatable bonds is 6. The third kappa shape index (κ3) is 4.45. The summed E-state index contributed by atoms with van der Waals surface area (Å²) in [6.07, 6.45) is 2.22. The number of carboxylic acid groups (broad SMARTS) is 1. The first-order valence-electron chi connectivity index (χ1n) is 7.80. The molecular weight excluding hydrogens is 316 g/mol. The van der Waals surface area contributed by atoms with Gasteiger partial charge in [-0.25, -0.2) is 8.42 Å². The van der Waals surface area contributed by atoms with Crippen molar-refractivity contribution in [2.75, 3.05) is 32.1 Å². The highest BCUT2D eigenvalue weighted by Gasteiger charge is 2.29. The molecule has 0 saturated carbocycles. The van der Waals surface area contributed by atoms with E-state index in [1.807, 2.05) is 25.1 Å². The molecule has 1 fully saturated rings. The third-order valence-corrected chi connectivity index (χ3v) is 6.21. The summed E-state index contributed by atoms with van der Waals surface area (Å²) in [5.74, 6) is -0.494. The molecule has 1 aromatic rings. The lowest BCUT2D eigenvalue weighted by Gasteiger charge is -2.31. The molecule has 0 radical (unpaired) electrons. The van der Waals surface area contributed by atoms with Crippen LogP contribution in [0, 0.1) is 5.92 Å². The number of aliphatic carboxylic acids is 1. The lowest BCUT2D eigenvalue weighted by molar-refractivity contribution is -0.137. The zero-order valence-electron chi connectivity index (χ0n) is 13.6. The average molecular weight is 340 g/mol. The first kappa shape index (κ1) is 17.7. The molecule has 7 heteroatoms. The van der Waals surface area contributed by atoms with E-state index in [9.17, 15) is 13.2 Å². The number of carbonyl (C=O) groups is 1. The minimum atomic E-state index is -3.48. The Morgan fingerprint density at radius 3 is 2.52 bits per heavy atom. The van der Waals surface area contributed by atoms with Gasteiger partial charge in [0.15, 0.2) is 0 Å². The van der Waals surface area contributed by atoms with E-state index in [0.717, 1.165) is 18.5 Å². The number of nitrogens with zero attached hydrogens (tertiary/aromatic N) is 2. The Balaban J connectivity index is 2.04. The lowest BCUT2D eigenvalue weighted by Crippen LogP contribution is -2.38. The van der Waals surface area contributed by atoms with E-state index in [4.69, 9.17) is 5.11 Å². The second kappa shape index (κ2) is 7.31. The summed E-state index contributed by atoms with van der Waals surface area (Å²) in [4.78, 5) is 12.8. The first-order valence-corrected chi connectivity index (χ1v) is 9.24. The maximum absolute atomic E-state index is 12.7. The molecule has 1 heterocycles. The highest BCUT2D eigenvalue weighted by molar-refractivity contribution is 7.89. The Labute approximate surface area is 137 Å². The molecule has 23 heavy (non-hydrogen) atoms. The van der Waals surface area contributed by atoms with Crippen LogP contribution in [0.4, 0.5) is 5.69 Å². The summed E-state index contributed by atoms with van der Waals surface area (Å²) in [5, 5.41) is 8.73. The maximum Gasteiger partial charge on any atom is 0.303 e. The minimum absolute atomic E-state index is 0.155. The van der Waals surface area contributed by atoms with Crippen molar-refractivity contribution in [2.24, 2.45) is 5.92 Å². The number of piperidine rings is 1. The Bertz CT molecular complexity index is 650. The summed E-state index contributed by atoms with van der Waals surface area (Å²) < 4.78 is 27.0. The quantitative estimate of drug-likeness (QED) is 0.857. The molecule has 0 amide bonds. The van der Waals surface area contributed by atoms with Crippen LogP contribution < -0.4 is 4.90 Å². The van der Waals surface area contributed by atoms with Crippen molar-refractivity contribution in [3.05, 3.63) is 24.3 Å². The Kier molecular flexibility index (Phi) is 5.64. The molecule has 1 aliphatic rings. The van der Waals surface area contributed by atoms with Crippen LogP contribution in [0.2, 0.25) is 0 Å². The van der Waals surface area contributed by atoms with Gasteiger partial charge in [0.2, 0.25) is 10.0 Å². The van der Waals surface area contributed by atoms with Gasteiger partial charge in [-0.1, -0.05) is 6.07 Å². The van der Waals surface area contributed by atoms with Crippen LogP contribution in [0.3, 0.4) is 0 Å². The largest absolute Gasteiger partial charge is 0.481 e. The standard InChI is InChI=1S/C16H24N2O4S/c1-17(2)14-4-3-5-15(12-14)23(21,22)18-10-8-13(9-11-18)6-7-16(19)20/h3-5,12-13H,6-11H2,1-2H3,(H,19,20). The molecule has 6 nitrogen and oxygen atoms in total. The van der Waals surface area contributed by atoms with E-state index in [0.29, 0.717) is 30.3 Å². The second-order valence-corrected chi connectivity index (χ2v) is 8.11. The number of carboxylic acids is 1. The van der Waals surface area contributed by atoms with Crippen LogP contribution in [0.25, 0.3) is 0 Å². The van der Waals surface area contributed by atoms with E-state index in [1.165, 1.54) is 4.31 Å². The monoisotopic (exact) mass is 340 g/mol. The molecule has 0 unspecified atom stereocenters. The fraction of sp³-hybridized carbons (Fsp3) is 0.562. The molecule has 1 N–H and O–H groups in total. The number of hydrogen-bond donors (Lipinski definition) is 1. The number of anilines is 1. The van der Waals surface area contributed by atoms with Crippen LogP contribution >= 0.6 is 0 Å². The van der Waals surface area contributed by atoms with Gasteiger partial charge in [0.25, 0.3) is 0 Å². The Morgan fingerprint density at radius 2 is 1.96 bits per heavy atom. The number of hydrogen-bond acceptors (Lipinski definition) is 4. The molecule has 1 aliphatic heterocycles. The third-order valence-electron chi connectivity index (χ3n) is 4.31. The predicted octanol–water partition coefficient (Wildman–Crippen LogP) is 2.02. The van der Waals surface area contributed by atoms with Gasteiger partial charge in [-0.15, -0.1) is 0 Å². The van der Waals surface area contributed by atoms with Crippen molar-refractivity contribution < 1.29 is 18.3 Å². The minimum Gasteiger partial charge on any atom is -0.481 e. The number of benzene rings is 1. The van der Waals surface area contributed by atoms with E-state index in [2.05, 4.69) is 0 Å². The van der Waals surface area contributed by atoms with Crippen LogP contribution in [-0.2, 0) is 14.8 Å². The van der Waals surface area contributed by atoms with Gasteiger partial charge in [-0.05, 0) is 43.4 Å². The first-order chi connectivity index (χ1) is 10.8. The molecule has 128 valence electrons. The van der Waals surface area contributed by atoms with Gasteiger partial charge in [-0.3, -0.25) is 4.79 Å². The molecule has 1 saturated heterocycles. The van der Waals surface area contributed by atoms with Crippen LogP contribution in [-0.4, -0.2) is 51.0 Å². The van der Waals surface area contributed by atoms with Crippen molar-refractivity contribution in [1.29, 1.82) is 0 Å². The summed E-state index contributed by atoms with van der Waals surface area (Å²) in [6.45, 7) is 0.914. The molecule has 0 atom stereocenters. The zero-order valence-corrected chi connectivity index (χ0v) is 14.4. The van der Waals surface area contributed by atoms with Crippen LogP contribution in [0.1, 0.15) is 25.7 Å². The van der Waals surface area contributed by atoms with Gasteiger partial charge in [0.1, 0.15) is 0 Å². The van der Waals surface area contributed by atoms with E-state index >= 15 is 0 Å². The topological polar surface area (TPSA) is 77.9 Å². The van der Waals surface area contributed by atoms with Crippen molar-refractivity contribution >= 4 is 21.7 Å². The highest BCUT2D eigenvalue weighted by atomic mass is 32.2. The van der Waals surface area contributed by atoms with Crippen molar-refractivity contribution in [3.8, 4) is 0 Å². The fourth-order valence-corrected chi connectivity index (χ4v) is 4.35.